The summed E-state index contributed by atoms with van der Waals surface area (Å²) in [6, 6.07) is 0. The predicted octanol–water partition coefficient (Wildman–Crippen LogP) is 3.44. The van der Waals surface area contributed by atoms with Crippen LogP contribution in [0.15, 0.2) is 0 Å². The van der Waals surface area contributed by atoms with E-state index in [-0.39, 0.29) is 17.6 Å². The Kier molecular flexibility index (Phi) is 4.01. The third-order valence-electron chi connectivity index (χ3n) is 5.00. The first kappa shape index (κ1) is 12.8. The molecular weight excluding hydrogens is 212 g/mol. The number of Topliss-reactive ketones (excluding diaryl/α,β-unsaturated/α-hetero) is 1. The van der Waals surface area contributed by atoms with Gasteiger partial charge in [0.2, 0.25) is 6.29 Å². The summed E-state index contributed by atoms with van der Waals surface area (Å²) in [6.07, 6.45) is 12.4. The molecule has 1 atom stereocenters. The molecule has 2 aliphatic carbocycles. The molecule has 0 N–H and O–H groups in total. The molecule has 0 heterocycles. The zero-order valence-electron chi connectivity index (χ0n) is 10.8. The minimum atomic E-state index is -0.753. The van der Waals surface area contributed by atoms with Crippen LogP contribution in [0.3, 0.4) is 0 Å². The van der Waals surface area contributed by atoms with Gasteiger partial charge in [0, 0.05) is 0 Å². The normalized spacial score (nSPS) is 26.6. The Bertz CT molecular complexity index is 285. The Labute approximate surface area is 104 Å². The fourth-order valence-electron chi connectivity index (χ4n) is 4.09. The van der Waals surface area contributed by atoms with Gasteiger partial charge in [-0.1, -0.05) is 32.1 Å². The van der Waals surface area contributed by atoms with Crippen molar-refractivity contribution < 1.29 is 9.59 Å². The first-order valence-electron chi connectivity index (χ1n) is 7.12. The van der Waals surface area contributed by atoms with Gasteiger partial charge >= 0.3 is 0 Å². The lowest BCUT2D eigenvalue weighted by molar-refractivity contribution is -0.129. The molecule has 1 radical (unpaired) electrons. The van der Waals surface area contributed by atoms with Crippen molar-refractivity contribution in [3.63, 3.8) is 0 Å². The highest BCUT2D eigenvalue weighted by Crippen LogP contribution is 2.49. The lowest BCUT2D eigenvalue weighted by atomic mass is 9.60. The van der Waals surface area contributed by atoms with Gasteiger partial charge in [-0.2, -0.15) is 0 Å². The van der Waals surface area contributed by atoms with Crippen LogP contribution in [0.5, 0.6) is 0 Å². The summed E-state index contributed by atoms with van der Waals surface area (Å²) < 4.78 is 0. The molecule has 2 rings (SSSR count). The van der Waals surface area contributed by atoms with E-state index in [0.29, 0.717) is 0 Å². The Balaban J connectivity index is 2.26. The van der Waals surface area contributed by atoms with E-state index < -0.39 is 5.41 Å². The number of ketones is 1. The molecule has 0 aromatic rings. The smallest absolute Gasteiger partial charge is 0.213 e. The minimum absolute atomic E-state index is 0.0753. The Morgan fingerprint density at radius 3 is 1.71 bits per heavy atom. The molecule has 95 valence electrons. The third kappa shape index (κ3) is 2.19. The van der Waals surface area contributed by atoms with Crippen molar-refractivity contribution in [2.24, 2.45) is 17.3 Å². The molecule has 0 aliphatic heterocycles. The zero-order valence-corrected chi connectivity index (χ0v) is 10.8. The van der Waals surface area contributed by atoms with E-state index in [1.165, 1.54) is 32.1 Å². The van der Waals surface area contributed by atoms with E-state index >= 15 is 0 Å². The molecule has 2 heteroatoms. The van der Waals surface area contributed by atoms with Crippen LogP contribution in [0.2, 0.25) is 0 Å². The summed E-state index contributed by atoms with van der Waals surface area (Å²) in [6.45, 7) is 1.61. The SMILES string of the molecule is CC(=O)C([C]=O)(C1CCCCC1)C1CCCC1. The third-order valence-corrected chi connectivity index (χ3v) is 5.00. The Hall–Kier alpha value is -0.660. The van der Waals surface area contributed by atoms with Crippen LogP contribution >= 0.6 is 0 Å². The van der Waals surface area contributed by atoms with E-state index in [4.69, 9.17) is 0 Å². The maximum atomic E-state index is 12.1. The first-order chi connectivity index (χ1) is 8.21. The zero-order chi connectivity index (χ0) is 12.3. The average Bonchev–Trinajstić information content (AvgIpc) is 2.86. The minimum Gasteiger partial charge on any atom is -0.299 e. The van der Waals surface area contributed by atoms with Crippen molar-refractivity contribution in [1.29, 1.82) is 0 Å². The van der Waals surface area contributed by atoms with Crippen molar-refractivity contribution in [1.82, 2.24) is 0 Å². The average molecular weight is 235 g/mol. The van der Waals surface area contributed by atoms with Gasteiger partial charge in [-0.05, 0) is 44.4 Å². The summed E-state index contributed by atoms with van der Waals surface area (Å²) in [5.74, 6) is 0.626. The van der Waals surface area contributed by atoms with Gasteiger partial charge in [0.05, 0.1) is 0 Å². The van der Waals surface area contributed by atoms with Crippen LogP contribution in [0.4, 0.5) is 0 Å². The molecule has 0 saturated heterocycles. The second-order valence-corrected chi connectivity index (χ2v) is 5.84. The fourth-order valence-corrected chi connectivity index (χ4v) is 4.09. The van der Waals surface area contributed by atoms with Gasteiger partial charge in [-0.25, -0.2) is 0 Å². The van der Waals surface area contributed by atoms with Crippen LogP contribution in [0.1, 0.15) is 64.7 Å². The highest BCUT2D eigenvalue weighted by atomic mass is 16.1. The number of carbonyl (C=O) groups is 1. The maximum absolute atomic E-state index is 12.1. The summed E-state index contributed by atoms with van der Waals surface area (Å²) in [7, 11) is 0. The standard InChI is InChI=1S/C15H23O2/c1-12(17)15(11-16,14-9-5-6-10-14)13-7-3-2-4-8-13/h13-14H,2-10H2,1H3. The topological polar surface area (TPSA) is 34.1 Å². The quantitative estimate of drug-likeness (QED) is 0.699. The van der Waals surface area contributed by atoms with Gasteiger partial charge in [-0.3, -0.25) is 9.59 Å². The Morgan fingerprint density at radius 1 is 0.941 bits per heavy atom. The van der Waals surface area contributed by atoms with Crippen LogP contribution in [-0.2, 0) is 9.59 Å². The van der Waals surface area contributed by atoms with Gasteiger partial charge in [0.15, 0.2) is 0 Å². The number of carbonyl (C=O) groups excluding carboxylic acids is 2. The van der Waals surface area contributed by atoms with Crippen molar-refractivity contribution in [3.8, 4) is 0 Å². The van der Waals surface area contributed by atoms with E-state index in [2.05, 4.69) is 6.29 Å². The largest absolute Gasteiger partial charge is 0.299 e. The monoisotopic (exact) mass is 235 g/mol. The summed E-state index contributed by atoms with van der Waals surface area (Å²) >= 11 is 0. The van der Waals surface area contributed by atoms with Crippen molar-refractivity contribution in [2.45, 2.75) is 64.7 Å². The van der Waals surface area contributed by atoms with Gasteiger partial charge in [0.1, 0.15) is 11.2 Å². The maximum Gasteiger partial charge on any atom is 0.213 e. The molecule has 0 spiro atoms. The summed E-state index contributed by atoms with van der Waals surface area (Å²) in [5.41, 5.74) is -0.753. The predicted molar refractivity (Wildman–Crippen MR) is 67.3 cm³/mol. The second-order valence-electron chi connectivity index (χ2n) is 5.84. The lowest BCUT2D eigenvalue weighted by Gasteiger charge is -2.40. The molecule has 2 nitrogen and oxygen atoms in total. The number of rotatable bonds is 4. The number of hydrogen-bond donors (Lipinski definition) is 0. The van der Waals surface area contributed by atoms with Crippen molar-refractivity contribution in [3.05, 3.63) is 0 Å². The van der Waals surface area contributed by atoms with Crippen LogP contribution in [0.25, 0.3) is 0 Å². The molecule has 17 heavy (non-hydrogen) atoms. The molecule has 0 bridgehead atoms. The fraction of sp³-hybridized carbons (Fsp3) is 0.867. The summed E-state index contributed by atoms with van der Waals surface area (Å²) in [5, 5.41) is 0. The van der Waals surface area contributed by atoms with Gasteiger partial charge < -0.3 is 0 Å². The van der Waals surface area contributed by atoms with E-state index in [1.807, 2.05) is 0 Å². The molecule has 1 unspecified atom stereocenters. The van der Waals surface area contributed by atoms with E-state index in [0.717, 1.165) is 25.7 Å². The van der Waals surface area contributed by atoms with E-state index in [1.54, 1.807) is 6.92 Å². The molecule has 0 amide bonds. The summed E-state index contributed by atoms with van der Waals surface area (Å²) in [4.78, 5) is 23.7. The first-order valence-corrected chi connectivity index (χ1v) is 7.12. The molecule has 2 aliphatic rings. The molecule has 2 fully saturated rings. The number of hydrogen-bond acceptors (Lipinski definition) is 2. The van der Waals surface area contributed by atoms with Crippen LogP contribution in [-0.4, -0.2) is 12.1 Å². The van der Waals surface area contributed by atoms with Crippen LogP contribution in [0, 0.1) is 17.3 Å². The van der Waals surface area contributed by atoms with E-state index in [9.17, 15) is 9.59 Å². The van der Waals surface area contributed by atoms with Gasteiger partial charge in [-0.15, -0.1) is 0 Å². The lowest BCUT2D eigenvalue weighted by Crippen LogP contribution is -2.45. The molecular formula is C15H23O2. The van der Waals surface area contributed by atoms with Crippen molar-refractivity contribution in [2.75, 3.05) is 0 Å². The second kappa shape index (κ2) is 5.32. The molecule has 0 aromatic carbocycles. The Morgan fingerprint density at radius 2 is 1.35 bits per heavy atom. The van der Waals surface area contributed by atoms with Crippen LogP contribution < -0.4 is 0 Å². The highest BCUT2D eigenvalue weighted by molar-refractivity contribution is 5.97. The van der Waals surface area contributed by atoms with Gasteiger partial charge in [0.25, 0.3) is 0 Å². The molecule has 2 saturated carbocycles. The highest BCUT2D eigenvalue weighted by Gasteiger charge is 2.50. The van der Waals surface area contributed by atoms with Crippen molar-refractivity contribution >= 4 is 12.1 Å². The molecule has 0 aromatic heterocycles.